The number of carbonyl (C=O) groups is 1. The molecule has 2 aliphatic heterocycles. The van der Waals surface area contributed by atoms with Crippen LogP contribution in [0.3, 0.4) is 0 Å². The van der Waals surface area contributed by atoms with Crippen molar-refractivity contribution in [3.63, 3.8) is 0 Å². The smallest absolute Gasteiger partial charge is 0.311 e. The zero-order valence-corrected chi connectivity index (χ0v) is 20.3. The van der Waals surface area contributed by atoms with Gasteiger partial charge in [-0.05, 0) is 80.1 Å². The summed E-state index contributed by atoms with van der Waals surface area (Å²) in [4.78, 5) is 14.7. The fourth-order valence-corrected chi connectivity index (χ4v) is 5.35. The summed E-state index contributed by atoms with van der Waals surface area (Å²) in [5, 5.41) is 0. The van der Waals surface area contributed by atoms with Crippen molar-refractivity contribution in [2.45, 2.75) is 58.7 Å². The number of hydrogen-bond acceptors (Lipinski definition) is 3. The van der Waals surface area contributed by atoms with Crippen LogP contribution in [0.15, 0.2) is 45.3 Å². The van der Waals surface area contributed by atoms with Crippen molar-refractivity contribution in [3.05, 3.63) is 67.6 Å². The summed E-state index contributed by atoms with van der Waals surface area (Å²) in [5.41, 5.74) is 5.24. The number of benzene rings is 2. The van der Waals surface area contributed by atoms with Gasteiger partial charge in [0, 0.05) is 34.0 Å². The molecule has 3 nitrogen and oxygen atoms in total. The molecule has 0 spiro atoms. The SMILES string of the molecule is CC(C)(C)C(=O)OCCC[C@H]1[C@@H]2c3ccc(Br)cc3CN1Cc1ccc(Br)cc12. The normalized spacial score (nSPS) is 22.6. The lowest BCUT2D eigenvalue weighted by Gasteiger charge is -2.47. The lowest BCUT2D eigenvalue weighted by atomic mass is 9.73. The summed E-state index contributed by atoms with van der Waals surface area (Å²) in [7, 11) is 0. The van der Waals surface area contributed by atoms with Gasteiger partial charge < -0.3 is 4.74 Å². The van der Waals surface area contributed by atoms with E-state index in [-0.39, 0.29) is 5.97 Å². The molecule has 0 saturated heterocycles. The van der Waals surface area contributed by atoms with Crippen LogP contribution >= 0.6 is 31.9 Å². The number of hydrogen-bond donors (Lipinski definition) is 0. The van der Waals surface area contributed by atoms with E-state index in [0.717, 1.165) is 34.9 Å². The van der Waals surface area contributed by atoms with Crippen molar-refractivity contribution in [2.24, 2.45) is 5.41 Å². The van der Waals surface area contributed by atoms with E-state index in [1.54, 1.807) is 0 Å². The monoisotopic (exact) mass is 519 g/mol. The lowest BCUT2D eigenvalue weighted by Crippen LogP contribution is -2.47. The maximum absolute atomic E-state index is 12.1. The van der Waals surface area contributed by atoms with E-state index in [2.05, 4.69) is 73.2 Å². The third kappa shape index (κ3) is 4.33. The molecule has 0 N–H and O–H groups in total. The second-order valence-corrected chi connectivity index (χ2v) is 11.0. The summed E-state index contributed by atoms with van der Waals surface area (Å²) in [6, 6.07) is 13.8. The fourth-order valence-electron chi connectivity index (χ4n) is 4.56. The average molecular weight is 521 g/mol. The van der Waals surface area contributed by atoms with Gasteiger partial charge in [0.1, 0.15) is 0 Å². The largest absolute Gasteiger partial charge is 0.465 e. The van der Waals surface area contributed by atoms with E-state index in [9.17, 15) is 4.79 Å². The number of nitrogens with zero attached hydrogens (tertiary/aromatic N) is 1. The van der Waals surface area contributed by atoms with Gasteiger partial charge in [0.2, 0.25) is 0 Å². The number of halogens is 2. The Labute approximate surface area is 190 Å². The average Bonchev–Trinajstić information content (AvgIpc) is 2.64. The van der Waals surface area contributed by atoms with Gasteiger partial charge in [0.05, 0.1) is 12.0 Å². The molecule has 0 aliphatic carbocycles. The Balaban J connectivity index is 1.58. The standard InChI is InChI=1S/C24H27Br2NO2/c1-24(2,3)23(28)29-10-4-5-21-22-19-9-8-17(25)11-16(19)14-27(21)13-15-6-7-18(26)12-20(15)22/h6-9,11-12,21-22H,4-5,10,13-14H2,1-3H3/t21-,22+/m0/s1. The summed E-state index contributed by atoms with van der Waals surface area (Å²) < 4.78 is 7.79. The number of fused-ring (bicyclic) bond motifs is 6. The molecule has 0 saturated carbocycles. The van der Waals surface area contributed by atoms with E-state index in [4.69, 9.17) is 4.74 Å². The second-order valence-electron chi connectivity index (χ2n) is 9.16. The zero-order valence-electron chi connectivity index (χ0n) is 17.2. The molecule has 4 rings (SSSR count). The molecule has 0 radical (unpaired) electrons. The van der Waals surface area contributed by atoms with Gasteiger partial charge in [0.15, 0.2) is 0 Å². The molecule has 0 aromatic heterocycles. The van der Waals surface area contributed by atoms with E-state index in [1.165, 1.54) is 22.3 Å². The van der Waals surface area contributed by atoms with Crippen molar-refractivity contribution < 1.29 is 9.53 Å². The molecule has 0 amide bonds. The maximum Gasteiger partial charge on any atom is 0.311 e. The Hall–Kier alpha value is -1.17. The Morgan fingerprint density at radius 1 is 1.03 bits per heavy atom. The first kappa shape index (κ1) is 21.1. The van der Waals surface area contributed by atoms with Crippen LogP contribution in [0.4, 0.5) is 0 Å². The first-order valence-corrected chi connectivity index (χ1v) is 11.8. The van der Waals surface area contributed by atoms with Gasteiger partial charge in [-0.3, -0.25) is 9.69 Å². The minimum absolute atomic E-state index is 0.119. The third-order valence-corrected chi connectivity index (χ3v) is 6.96. The van der Waals surface area contributed by atoms with Crippen LogP contribution in [-0.4, -0.2) is 23.5 Å². The zero-order chi connectivity index (χ0) is 20.8. The maximum atomic E-state index is 12.1. The van der Waals surface area contributed by atoms with Crippen LogP contribution < -0.4 is 0 Å². The summed E-state index contributed by atoms with van der Waals surface area (Å²) in [6.07, 6.45) is 1.90. The molecule has 2 aromatic carbocycles. The highest BCUT2D eigenvalue weighted by molar-refractivity contribution is 9.10. The van der Waals surface area contributed by atoms with E-state index >= 15 is 0 Å². The first-order chi connectivity index (χ1) is 13.7. The number of carbonyl (C=O) groups excluding carboxylic acids is 1. The molecular formula is C24H27Br2NO2. The van der Waals surface area contributed by atoms with Crippen LogP contribution in [0.25, 0.3) is 0 Å². The molecule has 2 aromatic rings. The predicted molar refractivity (Wildman–Crippen MR) is 123 cm³/mol. The molecule has 5 heteroatoms. The molecule has 2 aliphatic rings. The van der Waals surface area contributed by atoms with Crippen molar-refractivity contribution in [1.82, 2.24) is 4.90 Å². The molecular weight excluding hydrogens is 494 g/mol. The van der Waals surface area contributed by atoms with Crippen LogP contribution in [0.2, 0.25) is 0 Å². The summed E-state index contributed by atoms with van der Waals surface area (Å²) in [5.74, 6) is 0.234. The number of esters is 1. The lowest BCUT2D eigenvalue weighted by molar-refractivity contribution is -0.153. The molecule has 2 heterocycles. The Morgan fingerprint density at radius 3 is 2.48 bits per heavy atom. The van der Waals surface area contributed by atoms with Crippen molar-refractivity contribution >= 4 is 37.8 Å². The van der Waals surface area contributed by atoms with Gasteiger partial charge in [-0.25, -0.2) is 0 Å². The van der Waals surface area contributed by atoms with Crippen LogP contribution in [0, 0.1) is 5.41 Å². The van der Waals surface area contributed by atoms with Crippen LogP contribution in [0.5, 0.6) is 0 Å². The van der Waals surface area contributed by atoms with Gasteiger partial charge in [-0.2, -0.15) is 0 Å². The summed E-state index contributed by atoms with van der Waals surface area (Å²) in [6.45, 7) is 8.12. The fraction of sp³-hybridized carbons (Fsp3) is 0.458. The Bertz CT molecular complexity index is 935. The van der Waals surface area contributed by atoms with Crippen molar-refractivity contribution in [2.75, 3.05) is 6.61 Å². The highest BCUT2D eigenvalue weighted by Crippen LogP contribution is 2.46. The minimum atomic E-state index is -0.442. The van der Waals surface area contributed by atoms with Crippen LogP contribution in [0.1, 0.15) is 61.8 Å². The van der Waals surface area contributed by atoms with E-state index < -0.39 is 5.41 Å². The van der Waals surface area contributed by atoms with Gasteiger partial charge >= 0.3 is 5.97 Å². The summed E-state index contributed by atoms with van der Waals surface area (Å²) >= 11 is 7.31. The highest BCUT2D eigenvalue weighted by Gasteiger charge is 2.40. The van der Waals surface area contributed by atoms with Crippen molar-refractivity contribution in [1.29, 1.82) is 0 Å². The molecule has 2 bridgehead atoms. The van der Waals surface area contributed by atoms with Gasteiger partial charge in [-0.15, -0.1) is 0 Å². The molecule has 0 fully saturated rings. The van der Waals surface area contributed by atoms with Crippen molar-refractivity contribution in [3.8, 4) is 0 Å². The third-order valence-electron chi connectivity index (χ3n) is 5.97. The van der Waals surface area contributed by atoms with E-state index in [0.29, 0.717) is 18.6 Å². The quantitative estimate of drug-likeness (QED) is 0.344. The molecule has 3 atom stereocenters. The first-order valence-electron chi connectivity index (χ1n) is 10.2. The topological polar surface area (TPSA) is 29.5 Å². The van der Waals surface area contributed by atoms with Gasteiger partial charge in [-0.1, -0.05) is 44.0 Å². The molecule has 1 unspecified atom stereocenters. The highest BCUT2D eigenvalue weighted by atomic mass is 79.9. The second kappa shape index (κ2) is 8.16. The van der Waals surface area contributed by atoms with Crippen LogP contribution in [-0.2, 0) is 22.6 Å². The minimum Gasteiger partial charge on any atom is -0.465 e. The number of ether oxygens (including phenoxy) is 1. The predicted octanol–water partition coefficient (Wildman–Crippen LogP) is 6.41. The van der Waals surface area contributed by atoms with Gasteiger partial charge in [0.25, 0.3) is 0 Å². The molecule has 154 valence electrons. The van der Waals surface area contributed by atoms with E-state index in [1.807, 2.05) is 20.8 Å². The molecule has 29 heavy (non-hydrogen) atoms. The number of rotatable bonds is 4. The Morgan fingerprint density at radius 2 is 1.72 bits per heavy atom. The Kier molecular flexibility index (Phi) is 5.93.